The van der Waals surface area contributed by atoms with Crippen LogP contribution < -0.4 is 56.5 Å². The van der Waals surface area contributed by atoms with Crippen LogP contribution in [0.5, 0.6) is 0 Å². The van der Waals surface area contributed by atoms with Gasteiger partial charge in [0.15, 0.2) is 5.79 Å². The predicted octanol–water partition coefficient (Wildman–Crippen LogP) is -0.991. The van der Waals surface area contributed by atoms with Gasteiger partial charge in [-0.3, -0.25) is 0 Å². The average Bonchev–Trinajstić information content (AvgIpc) is 2.57. The molecule has 0 atom stereocenters. The van der Waals surface area contributed by atoms with E-state index in [-0.39, 0.29) is 57.2 Å². The van der Waals surface area contributed by atoms with E-state index in [1.54, 1.807) is 20.8 Å². The number of allylic oxidation sites excluding steroid dienone is 1. The molecule has 2 aliphatic rings. The fourth-order valence-corrected chi connectivity index (χ4v) is 1.77. The third kappa shape index (κ3) is 8.11. The first-order chi connectivity index (χ1) is 7.31. The number of rotatable bonds is 0. The number of ether oxygens (including phenoxy) is 2. The minimum atomic E-state index is -0.750. The van der Waals surface area contributed by atoms with Crippen LogP contribution in [0.25, 0.3) is 0 Å². The van der Waals surface area contributed by atoms with Crippen molar-refractivity contribution >= 4 is 0 Å². The summed E-state index contributed by atoms with van der Waals surface area (Å²) in [6.07, 6.45) is 4.15. The Kier molecular flexibility index (Phi) is 8.32. The Morgan fingerprint density at radius 2 is 1.47 bits per heavy atom. The summed E-state index contributed by atoms with van der Waals surface area (Å²) in [6.45, 7) is 10.4. The molecule has 1 spiro atoms. The molecule has 1 heterocycles. The SMILES string of the molecule is C=C1CCC2(CC1)OCCO2.CC(C)(C)[O-].[K+]. The van der Waals surface area contributed by atoms with Crippen molar-refractivity contribution in [2.24, 2.45) is 0 Å². The minimum Gasteiger partial charge on any atom is -0.850 e. The van der Waals surface area contributed by atoms with Crippen molar-refractivity contribution in [2.75, 3.05) is 13.2 Å². The van der Waals surface area contributed by atoms with Gasteiger partial charge in [-0.25, -0.2) is 0 Å². The molecular weight excluding hydrogens is 243 g/mol. The van der Waals surface area contributed by atoms with Crippen LogP contribution in [0.15, 0.2) is 12.2 Å². The topological polar surface area (TPSA) is 41.5 Å². The van der Waals surface area contributed by atoms with E-state index in [2.05, 4.69) is 6.58 Å². The maximum atomic E-state index is 10.1. The number of hydrogen-bond donors (Lipinski definition) is 0. The molecule has 94 valence electrons. The standard InChI is InChI=1S/C9H14O2.C4H9O.K/c1-8-2-4-9(5-3-8)10-6-7-11-9;1-4(2,3)5;/h1-7H2;1-3H3;/q;-1;+1. The maximum absolute atomic E-state index is 10.1. The van der Waals surface area contributed by atoms with Crippen molar-refractivity contribution in [3.8, 4) is 0 Å². The second kappa shape index (κ2) is 7.75. The van der Waals surface area contributed by atoms with Crippen LogP contribution in [0.1, 0.15) is 46.5 Å². The van der Waals surface area contributed by atoms with Gasteiger partial charge in [-0.1, -0.05) is 32.9 Å². The molecule has 17 heavy (non-hydrogen) atoms. The zero-order chi connectivity index (χ0) is 12.2. The van der Waals surface area contributed by atoms with Gasteiger partial charge in [0.05, 0.1) is 13.2 Å². The summed E-state index contributed by atoms with van der Waals surface area (Å²) < 4.78 is 11.1. The molecule has 2 rings (SSSR count). The van der Waals surface area contributed by atoms with Crippen LogP contribution in [0.2, 0.25) is 0 Å². The summed E-state index contributed by atoms with van der Waals surface area (Å²) >= 11 is 0. The first-order valence-corrected chi connectivity index (χ1v) is 5.96. The first kappa shape index (κ1) is 18.3. The normalized spacial score (nSPS) is 22.7. The summed E-state index contributed by atoms with van der Waals surface area (Å²) in [6, 6.07) is 0. The monoisotopic (exact) mass is 266 g/mol. The van der Waals surface area contributed by atoms with Gasteiger partial charge >= 0.3 is 51.4 Å². The summed E-state index contributed by atoms with van der Waals surface area (Å²) in [4.78, 5) is 0. The Balaban J connectivity index is 0.000000373. The minimum absolute atomic E-state index is 0. The maximum Gasteiger partial charge on any atom is 1.00 e. The average molecular weight is 266 g/mol. The zero-order valence-electron chi connectivity index (χ0n) is 11.7. The van der Waals surface area contributed by atoms with Crippen molar-refractivity contribution in [1.29, 1.82) is 0 Å². The Morgan fingerprint density at radius 1 is 1.12 bits per heavy atom. The summed E-state index contributed by atoms with van der Waals surface area (Å²) in [7, 11) is 0. The molecule has 0 bridgehead atoms. The molecule has 2 fully saturated rings. The molecule has 1 aliphatic heterocycles. The Labute approximate surface area is 147 Å². The van der Waals surface area contributed by atoms with Crippen LogP contribution >= 0.6 is 0 Å². The molecule has 0 unspecified atom stereocenters. The van der Waals surface area contributed by atoms with Gasteiger partial charge in [-0.15, -0.1) is 5.60 Å². The summed E-state index contributed by atoms with van der Waals surface area (Å²) in [5.74, 6) is -0.207. The van der Waals surface area contributed by atoms with Crippen LogP contribution in [-0.2, 0) is 9.47 Å². The molecule has 3 nitrogen and oxygen atoms in total. The van der Waals surface area contributed by atoms with Gasteiger partial charge in [-0.05, 0) is 12.8 Å². The van der Waals surface area contributed by atoms with Crippen LogP contribution in [0, 0.1) is 0 Å². The second-order valence-corrected chi connectivity index (χ2v) is 5.47. The van der Waals surface area contributed by atoms with Gasteiger partial charge in [0.1, 0.15) is 0 Å². The molecule has 1 aliphatic carbocycles. The molecule has 4 heteroatoms. The Hall–Kier alpha value is 1.26. The van der Waals surface area contributed by atoms with Crippen LogP contribution in [0.3, 0.4) is 0 Å². The van der Waals surface area contributed by atoms with E-state index in [4.69, 9.17) is 9.47 Å². The smallest absolute Gasteiger partial charge is 0.850 e. The van der Waals surface area contributed by atoms with Crippen molar-refractivity contribution in [3.05, 3.63) is 12.2 Å². The molecule has 0 aromatic rings. The number of hydrogen-bond acceptors (Lipinski definition) is 3. The first-order valence-electron chi connectivity index (χ1n) is 5.96. The molecule has 0 amide bonds. The van der Waals surface area contributed by atoms with Gasteiger partial charge in [0, 0.05) is 12.8 Å². The van der Waals surface area contributed by atoms with E-state index in [1.807, 2.05) is 0 Å². The van der Waals surface area contributed by atoms with Crippen LogP contribution in [-0.4, -0.2) is 24.6 Å². The van der Waals surface area contributed by atoms with Crippen molar-refractivity contribution < 1.29 is 66.0 Å². The van der Waals surface area contributed by atoms with Gasteiger partial charge in [-0.2, -0.15) is 0 Å². The van der Waals surface area contributed by atoms with Gasteiger partial charge in [0.2, 0.25) is 0 Å². The molecule has 0 radical (unpaired) electrons. The van der Waals surface area contributed by atoms with Gasteiger partial charge < -0.3 is 14.6 Å². The molecule has 0 aromatic heterocycles. The third-order valence-corrected chi connectivity index (χ3v) is 2.53. The summed E-state index contributed by atoms with van der Waals surface area (Å²) in [5.41, 5.74) is 0.592. The Morgan fingerprint density at radius 3 is 1.82 bits per heavy atom. The van der Waals surface area contributed by atoms with E-state index in [9.17, 15) is 5.11 Å². The molecular formula is C13H23KO3. The van der Waals surface area contributed by atoms with Crippen LogP contribution in [0.4, 0.5) is 0 Å². The van der Waals surface area contributed by atoms with Crippen molar-refractivity contribution in [2.45, 2.75) is 57.8 Å². The Bertz CT molecular complexity index is 222. The summed E-state index contributed by atoms with van der Waals surface area (Å²) in [5, 5.41) is 10.1. The predicted molar refractivity (Wildman–Crippen MR) is 62.0 cm³/mol. The van der Waals surface area contributed by atoms with E-state index < -0.39 is 5.60 Å². The zero-order valence-corrected chi connectivity index (χ0v) is 14.8. The van der Waals surface area contributed by atoms with Crippen molar-refractivity contribution in [3.63, 3.8) is 0 Å². The fourth-order valence-electron chi connectivity index (χ4n) is 1.77. The molecule has 1 saturated heterocycles. The van der Waals surface area contributed by atoms with E-state index in [1.165, 1.54) is 5.57 Å². The molecule has 1 saturated carbocycles. The largest absolute Gasteiger partial charge is 1.00 e. The van der Waals surface area contributed by atoms with E-state index >= 15 is 0 Å². The molecule has 0 aromatic carbocycles. The van der Waals surface area contributed by atoms with Gasteiger partial charge in [0.25, 0.3) is 0 Å². The van der Waals surface area contributed by atoms with E-state index in [0.717, 1.165) is 38.9 Å². The quantitative estimate of drug-likeness (QED) is 0.418. The second-order valence-electron chi connectivity index (χ2n) is 5.47. The molecule has 0 N–H and O–H groups in total. The third-order valence-electron chi connectivity index (χ3n) is 2.53. The van der Waals surface area contributed by atoms with Crippen molar-refractivity contribution in [1.82, 2.24) is 0 Å². The van der Waals surface area contributed by atoms with E-state index in [0.29, 0.717) is 0 Å². The fraction of sp³-hybridized carbons (Fsp3) is 0.846.